The largest absolute Gasteiger partial charge is 0.380 e. The van der Waals surface area contributed by atoms with Crippen LogP contribution in [0.25, 0.3) is 0 Å². The van der Waals surface area contributed by atoms with Gasteiger partial charge < -0.3 is 14.2 Å². The molecule has 0 aromatic carbocycles. The first-order valence-electron chi connectivity index (χ1n) is 4.47. The van der Waals surface area contributed by atoms with Crippen molar-refractivity contribution in [3.8, 4) is 0 Å². The Hall–Kier alpha value is 0.135. The highest BCUT2D eigenvalue weighted by Gasteiger charge is 2.24. The van der Waals surface area contributed by atoms with Gasteiger partial charge in [0.1, 0.15) is 7.85 Å². The van der Waals surface area contributed by atoms with E-state index in [1.54, 1.807) is 0 Å². The van der Waals surface area contributed by atoms with Gasteiger partial charge in [0.2, 0.25) is 0 Å². The van der Waals surface area contributed by atoms with E-state index in [9.17, 15) is 4.57 Å². The molecule has 1 heterocycles. The molecule has 0 saturated carbocycles. The Bertz CT molecular complexity index is 225. The van der Waals surface area contributed by atoms with Crippen LogP contribution < -0.4 is 5.50 Å². The highest BCUT2D eigenvalue weighted by Crippen LogP contribution is 2.32. The number of hydrogen-bond donors (Lipinski definition) is 1. The fourth-order valence-corrected chi connectivity index (χ4v) is 1.85. The number of nitrogens with two attached hydrogens (primary N) is 1. The lowest BCUT2D eigenvalue weighted by molar-refractivity contribution is -0.0592. The highest BCUT2D eigenvalue weighted by molar-refractivity contribution is 7.55. The van der Waals surface area contributed by atoms with Gasteiger partial charge in [0, 0.05) is 25.8 Å². The molecule has 0 aromatic heterocycles. The van der Waals surface area contributed by atoms with E-state index in [1.807, 2.05) is 11.9 Å². The molecule has 2 N–H and O–H groups in total. The minimum absolute atomic E-state index is 0.152. The van der Waals surface area contributed by atoms with Crippen LogP contribution in [0.3, 0.4) is 0 Å². The predicted molar refractivity (Wildman–Crippen MR) is 55.6 cm³/mol. The van der Waals surface area contributed by atoms with Gasteiger partial charge in [-0.1, -0.05) is 0 Å². The summed E-state index contributed by atoms with van der Waals surface area (Å²) >= 11 is 0. The van der Waals surface area contributed by atoms with E-state index < -0.39 is 7.52 Å². The molecule has 1 fully saturated rings. The summed E-state index contributed by atoms with van der Waals surface area (Å²) < 4.78 is 21.5. The average Bonchev–Trinajstić information content (AvgIpc) is 1.97. The second-order valence-electron chi connectivity index (χ2n) is 3.72. The zero-order valence-corrected chi connectivity index (χ0v) is 9.44. The van der Waals surface area contributed by atoms with E-state index in [2.05, 4.69) is 0 Å². The second-order valence-corrected chi connectivity index (χ2v) is 5.80. The third-order valence-electron chi connectivity index (χ3n) is 1.89. The van der Waals surface area contributed by atoms with Crippen LogP contribution in [0.2, 0.25) is 0 Å². The van der Waals surface area contributed by atoms with Crippen LogP contribution in [0.4, 0.5) is 0 Å². The molecule has 0 bridgehead atoms. The molecular formula is C7H16BN2O3P. The Morgan fingerprint density at radius 3 is 2.86 bits per heavy atom. The maximum Gasteiger partial charge on any atom is 0.264 e. The molecule has 0 spiro atoms. The molecule has 1 aliphatic rings. The van der Waals surface area contributed by atoms with Crippen molar-refractivity contribution in [3.63, 3.8) is 0 Å². The van der Waals surface area contributed by atoms with Gasteiger partial charge in [0.15, 0.2) is 0 Å². The van der Waals surface area contributed by atoms with Crippen molar-refractivity contribution >= 4 is 15.4 Å². The van der Waals surface area contributed by atoms with E-state index in [-0.39, 0.29) is 18.7 Å². The molecule has 14 heavy (non-hydrogen) atoms. The van der Waals surface area contributed by atoms with Gasteiger partial charge in [0.05, 0.1) is 12.7 Å². The van der Waals surface area contributed by atoms with E-state index in [1.165, 1.54) is 6.66 Å². The van der Waals surface area contributed by atoms with Crippen molar-refractivity contribution in [1.29, 1.82) is 0 Å². The van der Waals surface area contributed by atoms with Crippen LogP contribution in [-0.4, -0.2) is 58.3 Å². The van der Waals surface area contributed by atoms with Crippen LogP contribution in [0, 0.1) is 0 Å². The minimum atomic E-state index is -2.91. The molecule has 3 atom stereocenters. The van der Waals surface area contributed by atoms with Gasteiger partial charge in [-0.25, -0.2) is 0 Å². The molecule has 80 valence electrons. The van der Waals surface area contributed by atoms with Crippen LogP contribution in [-0.2, 0) is 13.8 Å². The standard InChI is InChI=1S/C7H16BN2O3P/c1-10-3-6(13-7(8)4-10)5-12-14(2,9)11/h6-7H,3-5H2,1-2H3,(H2,9,11). The van der Waals surface area contributed by atoms with Crippen LogP contribution in [0.5, 0.6) is 0 Å². The van der Waals surface area contributed by atoms with Crippen LogP contribution in [0.1, 0.15) is 0 Å². The fraction of sp³-hybridized carbons (Fsp3) is 1.00. The molecule has 1 rings (SSSR count). The van der Waals surface area contributed by atoms with Crippen LogP contribution >= 0.6 is 7.52 Å². The number of rotatable bonds is 3. The zero-order valence-electron chi connectivity index (χ0n) is 8.55. The molecule has 7 heteroatoms. The Kier molecular flexibility index (Phi) is 4.16. The number of nitrogens with zero attached hydrogens (tertiary/aromatic N) is 1. The van der Waals surface area contributed by atoms with Gasteiger partial charge in [-0.3, -0.25) is 10.1 Å². The summed E-state index contributed by atoms with van der Waals surface area (Å²) in [7, 11) is 4.67. The van der Waals surface area contributed by atoms with Crippen LogP contribution in [0.15, 0.2) is 0 Å². The molecule has 2 radical (unpaired) electrons. The first-order chi connectivity index (χ1) is 6.37. The summed E-state index contributed by atoms with van der Waals surface area (Å²) in [6, 6.07) is -0.309. The van der Waals surface area contributed by atoms with Gasteiger partial charge >= 0.3 is 0 Å². The predicted octanol–water partition coefficient (Wildman–Crippen LogP) is -0.390. The number of morpholine rings is 1. The number of likely N-dealkylation sites (N-methyl/N-ethyl adjacent to an activating group) is 1. The summed E-state index contributed by atoms with van der Waals surface area (Å²) in [4.78, 5) is 2.04. The lowest BCUT2D eigenvalue weighted by atomic mass is 9.98. The highest BCUT2D eigenvalue weighted by atomic mass is 31.2. The fourth-order valence-electron chi connectivity index (χ4n) is 1.39. The summed E-state index contributed by atoms with van der Waals surface area (Å²) in [6.07, 6.45) is -0.152. The van der Waals surface area contributed by atoms with Crippen molar-refractivity contribution in [1.82, 2.24) is 4.90 Å². The van der Waals surface area contributed by atoms with Crippen molar-refractivity contribution in [2.24, 2.45) is 5.50 Å². The Balaban J connectivity index is 2.34. The minimum Gasteiger partial charge on any atom is -0.380 e. The van der Waals surface area contributed by atoms with Gasteiger partial charge in [-0.2, -0.15) is 0 Å². The lowest BCUT2D eigenvalue weighted by Crippen LogP contribution is -2.47. The maximum absolute atomic E-state index is 11.1. The molecular weight excluding hydrogens is 202 g/mol. The van der Waals surface area contributed by atoms with Crippen molar-refractivity contribution < 1.29 is 13.8 Å². The smallest absolute Gasteiger partial charge is 0.264 e. The summed E-state index contributed by atoms with van der Waals surface area (Å²) in [5.41, 5.74) is 5.25. The molecule has 0 amide bonds. The van der Waals surface area contributed by atoms with Gasteiger partial charge in [-0.15, -0.1) is 0 Å². The van der Waals surface area contributed by atoms with E-state index in [4.69, 9.17) is 22.6 Å². The quantitative estimate of drug-likeness (QED) is 0.516. The Morgan fingerprint density at radius 1 is 1.71 bits per heavy atom. The van der Waals surface area contributed by atoms with E-state index in [0.717, 1.165) is 0 Å². The maximum atomic E-state index is 11.1. The summed E-state index contributed by atoms with van der Waals surface area (Å²) in [5, 5.41) is 0. The van der Waals surface area contributed by atoms with Gasteiger partial charge in [-0.05, 0) is 7.05 Å². The summed E-state index contributed by atoms with van der Waals surface area (Å²) in [5.74, 6) is 0. The van der Waals surface area contributed by atoms with Crippen molar-refractivity contribution in [2.75, 3.05) is 33.4 Å². The third kappa shape index (κ3) is 4.57. The Labute approximate surface area is 85.8 Å². The monoisotopic (exact) mass is 218 g/mol. The second kappa shape index (κ2) is 4.77. The van der Waals surface area contributed by atoms with E-state index >= 15 is 0 Å². The number of ether oxygens (including phenoxy) is 1. The van der Waals surface area contributed by atoms with Crippen molar-refractivity contribution in [2.45, 2.75) is 12.1 Å². The molecule has 1 aliphatic heterocycles. The molecule has 0 aromatic rings. The molecule has 1 saturated heterocycles. The lowest BCUT2D eigenvalue weighted by Gasteiger charge is -2.34. The molecule has 0 aliphatic carbocycles. The normalized spacial score (nSPS) is 33.9. The van der Waals surface area contributed by atoms with Gasteiger partial charge in [0.25, 0.3) is 7.52 Å². The van der Waals surface area contributed by atoms with E-state index in [0.29, 0.717) is 13.1 Å². The molecule has 5 nitrogen and oxygen atoms in total. The zero-order chi connectivity index (χ0) is 10.8. The number of hydrogen-bond acceptors (Lipinski definition) is 4. The SMILES string of the molecule is [B]C1CN(C)CC(COP(C)(N)=O)O1. The van der Waals surface area contributed by atoms with Crippen molar-refractivity contribution in [3.05, 3.63) is 0 Å². The average molecular weight is 218 g/mol. The first-order valence-corrected chi connectivity index (χ1v) is 6.61. The topological polar surface area (TPSA) is 64.8 Å². The third-order valence-corrected chi connectivity index (χ3v) is 2.55. The summed E-state index contributed by atoms with van der Waals surface area (Å²) in [6.45, 7) is 3.01. The Morgan fingerprint density at radius 2 is 2.36 bits per heavy atom. The first kappa shape index (κ1) is 12.2. The molecule has 3 unspecified atom stereocenters.